The first-order valence-electron chi connectivity index (χ1n) is 9.63. The molecule has 1 saturated carbocycles. The standard InChI is InChI=1S/C20H31N3O2/c21-20(23-18-4-2-1-3-5-18)22-14-16-6-8-17(9-7-16)15-25-19-10-12-24-13-11-19/h6-9,18-19H,1-5,10-15H2,(H3,21,22,23). The number of hydrogen-bond donors (Lipinski definition) is 2. The van der Waals surface area contributed by atoms with E-state index in [-0.39, 0.29) is 0 Å². The third kappa shape index (κ3) is 6.33. The predicted octanol–water partition coefficient (Wildman–Crippen LogP) is 3.12. The molecule has 0 amide bonds. The molecule has 1 aromatic rings. The molecule has 0 aromatic heterocycles. The Kier molecular flexibility index (Phi) is 7.12. The third-order valence-electron chi connectivity index (χ3n) is 5.07. The molecule has 5 heteroatoms. The fraction of sp³-hybridized carbons (Fsp3) is 0.650. The number of nitrogens with one attached hydrogen (secondary N) is 1. The average Bonchev–Trinajstić information content (AvgIpc) is 2.67. The molecule has 3 rings (SSSR count). The summed E-state index contributed by atoms with van der Waals surface area (Å²) in [7, 11) is 0. The van der Waals surface area contributed by atoms with Crippen molar-refractivity contribution in [3.05, 3.63) is 35.4 Å². The van der Waals surface area contributed by atoms with Crippen molar-refractivity contribution < 1.29 is 9.47 Å². The molecule has 1 aliphatic carbocycles. The highest BCUT2D eigenvalue weighted by Gasteiger charge is 2.14. The molecule has 0 bridgehead atoms. The van der Waals surface area contributed by atoms with E-state index >= 15 is 0 Å². The monoisotopic (exact) mass is 345 g/mol. The van der Waals surface area contributed by atoms with Crippen molar-refractivity contribution in [1.82, 2.24) is 5.32 Å². The molecule has 0 spiro atoms. The van der Waals surface area contributed by atoms with Gasteiger partial charge in [-0.05, 0) is 36.8 Å². The Morgan fingerprint density at radius 2 is 1.72 bits per heavy atom. The van der Waals surface area contributed by atoms with Crippen LogP contribution in [0.4, 0.5) is 0 Å². The van der Waals surface area contributed by atoms with Gasteiger partial charge in [0.1, 0.15) is 0 Å². The number of aliphatic imine (C=N–C) groups is 1. The van der Waals surface area contributed by atoms with Crippen molar-refractivity contribution in [3.8, 4) is 0 Å². The number of nitrogens with zero attached hydrogens (tertiary/aromatic N) is 1. The van der Waals surface area contributed by atoms with E-state index in [1.165, 1.54) is 43.2 Å². The lowest BCUT2D eigenvalue weighted by Gasteiger charge is -2.23. The lowest BCUT2D eigenvalue weighted by Crippen LogP contribution is -2.41. The van der Waals surface area contributed by atoms with Gasteiger partial charge in [0.05, 0.1) is 19.3 Å². The van der Waals surface area contributed by atoms with Gasteiger partial charge in [0.25, 0.3) is 0 Å². The maximum atomic E-state index is 6.02. The Morgan fingerprint density at radius 1 is 1.04 bits per heavy atom. The first-order chi connectivity index (χ1) is 12.3. The molecule has 1 aliphatic heterocycles. The molecule has 0 radical (unpaired) electrons. The highest BCUT2D eigenvalue weighted by Crippen LogP contribution is 2.17. The number of hydrogen-bond acceptors (Lipinski definition) is 3. The van der Waals surface area contributed by atoms with Crippen LogP contribution in [0.2, 0.25) is 0 Å². The molecule has 1 heterocycles. The molecule has 138 valence electrons. The van der Waals surface area contributed by atoms with Gasteiger partial charge in [0, 0.05) is 19.3 Å². The van der Waals surface area contributed by atoms with Crippen LogP contribution in [0.15, 0.2) is 29.3 Å². The topological polar surface area (TPSA) is 68.9 Å². The summed E-state index contributed by atoms with van der Waals surface area (Å²) in [4.78, 5) is 4.48. The van der Waals surface area contributed by atoms with Crippen LogP contribution in [-0.2, 0) is 22.6 Å². The minimum atomic E-state index is 0.337. The van der Waals surface area contributed by atoms with Gasteiger partial charge in [-0.3, -0.25) is 0 Å². The van der Waals surface area contributed by atoms with Gasteiger partial charge in [-0.2, -0.15) is 0 Å². The molecule has 5 nitrogen and oxygen atoms in total. The average molecular weight is 345 g/mol. The van der Waals surface area contributed by atoms with Crippen molar-refractivity contribution in [2.24, 2.45) is 10.7 Å². The normalized spacial score (nSPS) is 20.6. The fourth-order valence-electron chi connectivity index (χ4n) is 3.48. The first kappa shape index (κ1) is 18.2. The maximum absolute atomic E-state index is 6.02. The van der Waals surface area contributed by atoms with Gasteiger partial charge in [-0.15, -0.1) is 0 Å². The van der Waals surface area contributed by atoms with Crippen molar-refractivity contribution in [2.75, 3.05) is 13.2 Å². The molecule has 2 fully saturated rings. The molecule has 1 aromatic carbocycles. The lowest BCUT2D eigenvalue weighted by atomic mass is 9.96. The number of benzene rings is 1. The second kappa shape index (κ2) is 9.78. The summed E-state index contributed by atoms with van der Waals surface area (Å²) in [6, 6.07) is 8.96. The zero-order chi connectivity index (χ0) is 17.3. The zero-order valence-electron chi connectivity index (χ0n) is 15.1. The summed E-state index contributed by atoms with van der Waals surface area (Å²) >= 11 is 0. The van der Waals surface area contributed by atoms with Crippen LogP contribution in [0, 0.1) is 0 Å². The van der Waals surface area contributed by atoms with E-state index in [1.54, 1.807) is 0 Å². The van der Waals surface area contributed by atoms with Gasteiger partial charge < -0.3 is 20.5 Å². The molecule has 2 aliphatic rings. The minimum Gasteiger partial charge on any atom is -0.381 e. The van der Waals surface area contributed by atoms with Crippen LogP contribution in [0.25, 0.3) is 0 Å². The van der Waals surface area contributed by atoms with Crippen molar-refractivity contribution in [1.29, 1.82) is 0 Å². The smallest absolute Gasteiger partial charge is 0.189 e. The van der Waals surface area contributed by atoms with Gasteiger partial charge in [-0.25, -0.2) is 4.99 Å². The van der Waals surface area contributed by atoms with Crippen LogP contribution >= 0.6 is 0 Å². The highest BCUT2D eigenvalue weighted by atomic mass is 16.5. The van der Waals surface area contributed by atoms with Gasteiger partial charge in [0.15, 0.2) is 5.96 Å². The Morgan fingerprint density at radius 3 is 2.44 bits per heavy atom. The summed E-state index contributed by atoms with van der Waals surface area (Å²) in [6.07, 6.45) is 8.68. The highest BCUT2D eigenvalue weighted by molar-refractivity contribution is 5.78. The van der Waals surface area contributed by atoms with Crippen LogP contribution in [0.1, 0.15) is 56.1 Å². The number of nitrogens with two attached hydrogens (primary N) is 1. The SMILES string of the molecule is NC(=NCc1ccc(COC2CCOCC2)cc1)NC1CCCCC1. The molecule has 3 N–H and O–H groups in total. The molecule has 0 atom stereocenters. The van der Waals surface area contributed by atoms with Crippen molar-refractivity contribution >= 4 is 5.96 Å². The third-order valence-corrected chi connectivity index (χ3v) is 5.07. The predicted molar refractivity (Wildman–Crippen MR) is 100 cm³/mol. The Bertz CT molecular complexity index is 532. The van der Waals surface area contributed by atoms with E-state index < -0.39 is 0 Å². The van der Waals surface area contributed by atoms with E-state index in [4.69, 9.17) is 15.2 Å². The second-order valence-corrected chi connectivity index (χ2v) is 7.12. The van der Waals surface area contributed by atoms with Crippen LogP contribution in [0.3, 0.4) is 0 Å². The zero-order valence-corrected chi connectivity index (χ0v) is 15.1. The van der Waals surface area contributed by atoms with E-state index in [0.29, 0.717) is 31.3 Å². The number of guanidine groups is 1. The molecular formula is C20H31N3O2. The van der Waals surface area contributed by atoms with E-state index in [2.05, 4.69) is 34.6 Å². The van der Waals surface area contributed by atoms with Crippen LogP contribution < -0.4 is 11.1 Å². The van der Waals surface area contributed by atoms with Crippen molar-refractivity contribution in [3.63, 3.8) is 0 Å². The number of rotatable bonds is 6. The van der Waals surface area contributed by atoms with Crippen molar-refractivity contribution in [2.45, 2.75) is 70.2 Å². The Labute approximate surface area is 151 Å². The summed E-state index contributed by atoms with van der Waals surface area (Å²) in [6.45, 7) is 2.92. The van der Waals surface area contributed by atoms with Crippen LogP contribution in [-0.4, -0.2) is 31.3 Å². The molecule has 25 heavy (non-hydrogen) atoms. The van der Waals surface area contributed by atoms with Gasteiger partial charge >= 0.3 is 0 Å². The Hall–Kier alpha value is -1.59. The first-order valence-corrected chi connectivity index (χ1v) is 9.63. The second-order valence-electron chi connectivity index (χ2n) is 7.12. The summed E-state index contributed by atoms with van der Waals surface area (Å²) < 4.78 is 11.3. The maximum Gasteiger partial charge on any atom is 0.189 e. The van der Waals surface area contributed by atoms with E-state index in [0.717, 1.165) is 26.1 Å². The molecule has 1 saturated heterocycles. The molecule has 0 unspecified atom stereocenters. The van der Waals surface area contributed by atoms with Crippen LogP contribution in [0.5, 0.6) is 0 Å². The summed E-state index contributed by atoms with van der Waals surface area (Å²) in [5.41, 5.74) is 8.39. The lowest BCUT2D eigenvalue weighted by molar-refractivity contribution is -0.0390. The van der Waals surface area contributed by atoms with Gasteiger partial charge in [0.2, 0.25) is 0 Å². The largest absolute Gasteiger partial charge is 0.381 e. The summed E-state index contributed by atoms with van der Waals surface area (Å²) in [5, 5.41) is 3.35. The van der Waals surface area contributed by atoms with E-state index in [1.807, 2.05) is 0 Å². The quantitative estimate of drug-likeness (QED) is 0.614. The Balaban J connectivity index is 1.41. The number of ether oxygens (including phenoxy) is 2. The fourth-order valence-corrected chi connectivity index (χ4v) is 3.48. The summed E-state index contributed by atoms with van der Waals surface area (Å²) in [5.74, 6) is 0.568. The molecular weight excluding hydrogens is 314 g/mol. The minimum absolute atomic E-state index is 0.337. The van der Waals surface area contributed by atoms with Gasteiger partial charge in [-0.1, -0.05) is 43.5 Å². The van der Waals surface area contributed by atoms with E-state index in [9.17, 15) is 0 Å².